The third kappa shape index (κ3) is 1.61. The summed E-state index contributed by atoms with van der Waals surface area (Å²) in [5.74, 6) is -0.973. The number of amides is 1. The maximum Gasteiger partial charge on any atom is 0.277 e. The molecule has 2 aromatic rings. The molecule has 1 amide bonds. The van der Waals surface area contributed by atoms with E-state index >= 15 is 0 Å². The van der Waals surface area contributed by atoms with Gasteiger partial charge in [0, 0.05) is 0 Å². The zero-order chi connectivity index (χ0) is 12.5. The number of carbonyl (C=O) groups excluding carboxylic acids is 1. The number of nitrogens with one attached hydrogen (secondary N) is 2. The molecule has 0 spiro atoms. The third-order valence-corrected chi connectivity index (χ3v) is 2.75. The summed E-state index contributed by atoms with van der Waals surface area (Å²) in [5.41, 5.74) is 7.05. The van der Waals surface area contributed by atoms with Crippen LogP contribution in [0, 0.1) is 5.82 Å². The molecule has 1 heterocycles. The van der Waals surface area contributed by atoms with E-state index in [1.807, 2.05) is 18.2 Å². The molecule has 18 heavy (non-hydrogen) atoms. The van der Waals surface area contributed by atoms with Gasteiger partial charge in [0.15, 0.2) is 0 Å². The Bertz CT molecular complexity index is 615. The number of rotatable bonds is 1. The second kappa shape index (κ2) is 4.12. The fourth-order valence-electron chi connectivity index (χ4n) is 1.87. The largest absolute Gasteiger partial charge is 0.301 e. The summed E-state index contributed by atoms with van der Waals surface area (Å²) < 4.78 is 13.6. The highest BCUT2D eigenvalue weighted by Gasteiger charge is 2.26. The molecule has 4 nitrogen and oxygen atoms in total. The molecular weight excluding hydrogens is 233 g/mol. The number of hydrazine groups is 2. The summed E-state index contributed by atoms with van der Waals surface area (Å²) in [6.07, 6.45) is 0. The Morgan fingerprint density at radius 1 is 1.06 bits per heavy atom. The highest BCUT2D eigenvalue weighted by molar-refractivity contribution is 6.08. The van der Waals surface area contributed by atoms with Crippen molar-refractivity contribution in [3.63, 3.8) is 0 Å². The Hall–Kier alpha value is -2.40. The van der Waals surface area contributed by atoms with Crippen molar-refractivity contribution in [2.24, 2.45) is 0 Å². The maximum atomic E-state index is 13.6. The monoisotopic (exact) mass is 243 g/mol. The summed E-state index contributed by atoms with van der Waals surface area (Å²) in [6, 6.07) is 13.2. The van der Waals surface area contributed by atoms with Gasteiger partial charge in [0.2, 0.25) is 0 Å². The number of anilines is 2. The minimum atomic E-state index is -0.534. The molecule has 1 aliphatic heterocycles. The molecule has 0 saturated heterocycles. The summed E-state index contributed by atoms with van der Waals surface area (Å²) in [4.78, 5) is 12.2. The molecule has 1 aliphatic rings. The Kier molecular flexibility index (Phi) is 2.46. The smallest absolute Gasteiger partial charge is 0.277 e. The predicted molar refractivity (Wildman–Crippen MR) is 66.4 cm³/mol. The molecule has 2 N–H and O–H groups in total. The lowest BCUT2D eigenvalue weighted by Crippen LogP contribution is -2.41. The molecule has 0 aromatic heterocycles. The lowest BCUT2D eigenvalue weighted by atomic mass is 10.2. The van der Waals surface area contributed by atoms with Crippen LogP contribution in [-0.4, -0.2) is 5.91 Å². The van der Waals surface area contributed by atoms with Gasteiger partial charge in [-0.3, -0.25) is 4.79 Å². The summed E-state index contributed by atoms with van der Waals surface area (Å²) >= 11 is 0. The molecule has 0 radical (unpaired) electrons. The van der Waals surface area contributed by atoms with Crippen LogP contribution >= 0.6 is 0 Å². The Balaban J connectivity index is 1.99. The zero-order valence-corrected chi connectivity index (χ0v) is 9.35. The number of para-hydroxylation sites is 2. The summed E-state index contributed by atoms with van der Waals surface area (Å²) in [6.45, 7) is 0. The highest BCUT2D eigenvalue weighted by Crippen LogP contribution is 2.29. The van der Waals surface area contributed by atoms with E-state index < -0.39 is 11.7 Å². The molecule has 0 unspecified atom stereocenters. The molecule has 0 bridgehead atoms. The lowest BCUT2D eigenvalue weighted by Gasteiger charge is -2.15. The third-order valence-electron chi connectivity index (χ3n) is 2.75. The van der Waals surface area contributed by atoms with E-state index in [4.69, 9.17) is 0 Å². The van der Waals surface area contributed by atoms with Crippen LogP contribution in [0.15, 0.2) is 48.5 Å². The average molecular weight is 243 g/mol. The minimum Gasteiger partial charge on any atom is -0.301 e. The van der Waals surface area contributed by atoms with E-state index in [0.29, 0.717) is 5.69 Å². The normalized spacial score (nSPS) is 13.1. The van der Waals surface area contributed by atoms with Gasteiger partial charge in [0.05, 0.1) is 16.9 Å². The highest BCUT2D eigenvalue weighted by atomic mass is 19.1. The molecule has 5 heteroatoms. The van der Waals surface area contributed by atoms with Gasteiger partial charge < -0.3 is 5.43 Å². The van der Waals surface area contributed by atoms with Crippen LogP contribution in [-0.2, 0) is 0 Å². The van der Waals surface area contributed by atoms with Gasteiger partial charge in [-0.1, -0.05) is 24.3 Å². The van der Waals surface area contributed by atoms with Crippen molar-refractivity contribution in [3.8, 4) is 0 Å². The number of carbonyl (C=O) groups is 1. The quantitative estimate of drug-likeness (QED) is 0.807. The second-order valence-electron chi connectivity index (χ2n) is 3.87. The summed E-state index contributed by atoms with van der Waals surface area (Å²) in [7, 11) is 0. The number of halogens is 1. The second-order valence-corrected chi connectivity index (χ2v) is 3.87. The van der Waals surface area contributed by atoms with Crippen molar-refractivity contribution in [1.29, 1.82) is 0 Å². The molecule has 2 aromatic carbocycles. The molecule has 0 atom stereocenters. The van der Waals surface area contributed by atoms with Gasteiger partial charge in [-0.25, -0.2) is 9.40 Å². The van der Waals surface area contributed by atoms with Gasteiger partial charge in [0.1, 0.15) is 5.82 Å². The maximum absolute atomic E-state index is 13.6. The minimum absolute atomic E-state index is 0.0310. The van der Waals surface area contributed by atoms with E-state index in [1.54, 1.807) is 18.2 Å². The van der Waals surface area contributed by atoms with Crippen molar-refractivity contribution < 1.29 is 9.18 Å². The molecule has 0 saturated carbocycles. The fraction of sp³-hybridized carbons (Fsp3) is 0. The number of nitrogens with zero attached hydrogens (tertiary/aromatic N) is 1. The van der Waals surface area contributed by atoms with Crippen LogP contribution in [0.2, 0.25) is 0 Å². The molecular formula is C13H10FN3O. The van der Waals surface area contributed by atoms with Crippen LogP contribution in [0.25, 0.3) is 0 Å². The first-order chi connectivity index (χ1) is 8.77. The average Bonchev–Trinajstić information content (AvgIpc) is 2.82. The van der Waals surface area contributed by atoms with E-state index in [0.717, 1.165) is 5.69 Å². The van der Waals surface area contributed by atoms with Gasteiger partial charge in [0.25, 0.3) is 5.91 Å². The van der Waals surface area contributed by atoms with Crippen LogP contribution in [0.1, 0.15) is 10.4 Å². The number of hydrogen-bond donors (Lipinski definition) is 2. The molecule has 90 valence electrons. The van der Waals surface area contributed by atoms with Gasteiger partial charge >= 0.3 is 0 Å². The fourth-order valence-corrected chi connectivity index (χ4v) is 1.87. The zero-order valence-electron chi connectivity index (χ0n) is 9.35. The van der Waals surface area contributed by atoms with Crippen molar-refractivity contribution in [3.05, 3.63) is 59.9 Å². The Labute approximate surface area is 103 Å². The molecule has 0 aliphatic carbocycles. The molecule has 0 fully saturated rings. The van der Waals surface area contributed by atoms with Crippen LogP contribution in [0.4, 0.5) is 15.8 Å². The van der Waals surface area contributed by atoms with Crippen molar-refractivity contribution in [2.75, 3.05) is 10.4 Å². The number of benzene rings is 2. The van der Waals surface area contributed by atoms with E-state index in [2.05, 4.69) is 11.0 Å². The van der Waals surface area contributed by atoms with Crippen molar-refractivity contribution >= 4 is 17.3 Å². The summed E-state index contributed by atoms with van der Waals surface area (Å²) in [5, 5.41) is 1.29. The molecule has 3 rings (SSSR count). The van der Waals surface area contributed by atoms with Crippen molar-refractivity contribution in [1.82, 2.24) is 5.53 Å². The van der Waals surface area contributed by atoms with Crippen molar-refractivity contribution in [2.45, 2.75) is 0 Å². The number of fused-ring (bicyclic) bond motifs is 1. The SMILES string of the molecule is O=C(c1ccccc1F)N1NNc2ccccc21. The van der Waals surface area contributed by atoms with Gasteiger partial charge in [-0.2, -0.15) is 0 Å². The first-order valence-corrected chi connectivity index (χ1v) is 5.47. The van der Waals surface area contributed by atoms with E-state index in [1.165, 1.54) is 17.1 Å². The van der Waals surface area contributed by atoms with Gasteiger partial charge in [-0.15, -0.1) is 5.53 Å². The van der Waals surface area contributed by atoms with Crippen LogP contribution in [0.5, 0.6) is 0 Å². The topological polar surface area (TPSA) is 44.4 Å². The lowest BCUT2D eigenvalue weighted by molar-refractivity contribution is 0.0975. The van der Waals surface area contributed by atoms with E-state index in [-0.39, 0.29) is 5.56 Å². The Morgan fingerprint density at radius 3 is 2.61 bits per heavy atom. The van der Waals surface area contributed by atoms with Gasteiger partial charge in [-0.05, 0) is 24.3 Å². The van der Waals surface area contributed by atoms with Crippen LogP contribution in [0.3, 0.4) is 0 Å². The number of hydrogen-bond acceptors (Lipinski definition) is 3. The first-order valence-electron chi connectivity index (χ1n) is 5.47. The first kappa shape index (κ1) is 10.7. The standard InChI is InChI=1S/C13H10FN3O/c14-10-6-2-1-5-9(10)13(18)17-12-8-4-3-7-11(12)15-16-17/h1-8,15-16H. The van der Waals surface area contributed by atoms with Crippen LogP contribution < -0.4 is 16.0 Å². The Morgan fingerprint density at radius 2 is 1.78 bits per heavy atom. The predicted octanol–water partition coefficient (Wildman–Crippen LogP) is 2.32. The van der Waals surface area contributed by atoms with E-state index in [9.17, 15) is 9.18 Å².